The topological polar surface area (TPSA) is 97.0 Å². The molecule has 0 aliphatic heterocycles. The van der Waals surface area contributed by atoms with Crippen LogP contribution >= 0.6 is 0 Å². The number of ether oxygens (including phenoxy) is 2. The van der Waals surface area contributed by atoms with Gasteiger partial charge >= 0.3 is 0 Å². The molecule has 0 atom stereocenters. The Bertz CT molecular complexity index is 702. The first-order valence-corrected chi connectivity index (χ1v) is 10.5. The summed E-state index contributed by atoms with van der Waals surface area (Å²) in [7, 11) is 1.51. The lowest BCUT2D eigenvalue weighted by Gasteiger charge is -2.18. The Hall–Kier alpha value is -2.77. The molecule has 3 amide bonds. The number of hydrogen-bond acceptors (Lipinski definition) is 5. The third kappa shape index (κ3) is 8.71. The number of hydrogen-bond donors (Lipinski definition) is 2. The van der Waals surface area contributed by atoms with Crippen molar-refractivity contribution in [3.8, 4) is 11.5 Å². The van der Waals surface area contributed by atoms with E-state index in [-0.39, 0.29) is 18.2 Å². The van der Waals surface area contributed by atoms with Crippen LogP contribution in [-0.2, 0) is 9.59 Å². The molecule has 0 fully saturated rings. The lowest BCUT2D eigenvalue weighted by Crippen LogP contribution is -2.41. The van der Waals surface area contributed by atoms with Crippen molar-refractivity contribution in [3.05, 3.63) is 23.8 Å². The van der Waals surface area contributed by atoms with E-state index < -0.39 is 5.91 Å². The highest BCUT2D eigenvalue weighted by atomic mass is 16.5. The fourth-order valence-corrected chi connectivity index (χ4v) is 2.73. The SMILES string of the molecule is CCN(CC)C(=O)CCCC(=O)NNC(=O)c1ccc(OCCC(C)C)c(OC)c1. The van der Waals surface area contributed by atoms with Gasteiger partial charge in [-0.15, -0.1) is 0 Å². The molecular formula is C22H35N3O5. The van der Waals surface area contributed by atoms with Crippen LogP contribution in [0.1, 0.15) is 63.7 Å². The lowest BCUT2D eigenvalue weighted by atomic mass is 10.1. The average molecular weight is 422 g/mol. The quantitative estimate of drug-likeness (QED) is 0.506. The number of carbonyl (C=O) groups is 3. The predicted octanol–water partition coefficient (Wildman–Crippen LogP) is 2.92. The number of nitrogens with zero attached hydrogens (tertiary/aromatic N) is 1. The van der Waals surface area contributed by atoms with Crippen LogP contribution < -0.4 is 20.3 Å². The van der Waals surface area contributed by atoms with E-state index in [4.69, 9.17) is 9.47 Å². The molecule has 0 unspecified atom stereocenters. The normalized spacial score (nSPS) is 10.5. The number of rotatable bonds is 12. The molecule has 0 heterocycles. The summed E-state index contributed by atoms with van der Waals surface area (Å²) < 4.78 is 11.0. The van der Waals surface area contributed by atoms with E-state index in [1.54, 1.807) is 23.1 Å². The zero-order chi connectivity index (χ0) is 22.5. The molecule has 1 aromatic carbocycles. The number of carbonyl (C=O) groups excluding carboxylic acids is 3. The second-order valence-electron chi connectivity index (χ2n) is 7.32. The Morgan fingerprint density at radius 1 is 1.03 bits per heavy atom. The molecule has 0 aliphatic rings. The van der Waals surface area contributed by atoms with E-state index in [9.17, 15) is 14.4 Å². The van der Waals surface area contributed by atoms with Gasteiger partial charge in [0.15, 0.2) is 11.5 Å². The highest BCUT2D eigenvalue weighted by Gasteiger charge is 2.13. The highest BCUT2D eigenvalue weighted by molar-refractivity contribution is 5.96. The average Bonchev–Trinajstić information content (AvgIpc) is 2.72. The maximum atomic E-state index is 12.3. The maximum Gasteiger partial charge on any atom is 0.269 e. The molecule has 0 saturated heterocycles. The Balaban J connectivity index is 2.48. The summed E-state index contributed by atoms with van der Waals surface area (Å²) >= 11 is 0. The van der Waals surface area contributed by atoms with Crippen molar-refractivity contribution < 1.29 is 23.9 Å². The number of methoxy groups -OCH3 is 1. The highest BCUT2D eigenvalue weighted by Crippen LogP contribution is 2.28. The van der Waals surface area contributed by atoms with Crippen LogP contribution in [0.25, 0.3) is 0 Å². The van der Waals surface area contributed by atoms with E-state index >= 15 is 0 Å². The second kappa shape index (κ2) is 13.5. The summed E-state index contributed by atoms with van der Waals surface area (Å²) in [6, 6.07) is 4.85. The first-order chi connectivity index (χ1) is 14.3. The molecule has 0 bridgehead atoms. The van der Waals surface area contributed by atoms with E-state index in [1.807, 2.05) is 13.8 Å². The Kier molecular flexibility index (Phi) is 11.3. The van der Waals surface area contributed by atoms with E-state index in [1.165, 1.54) is 7.11 Å². The first-order valence-electron chi connectivity index (χ1n) is 10.5. The Morgan fingerprint density at radius 2 is 1.73 bits per heavy atom. The third-order valence-corrected chi connectivity index (χ3v) is 4.60. The van der Waals surface area contributed by atoms with Crippen molar-refractivity contribution in [2.24, 2.45) is 5.92 Å². The summed E-state index contributed by atoms with van der Waals surface area (Å²) in [5.41, 5.74) is 5.09. The van der Waals surface area contributed by atoms with Gasteiger partial charge in [-0.1, -0.05) is 13.8 Å². The fourth-order valence-electron chi connectivity index (χ4n) is 2.73. The Labute approximate surface area is 179 Å². The van der Waals surface area contributed by atoms with Crippen LogP contribution in [0.3, 0.4) is 0 Å². The van der Waals surface area contributed by atoms with Crippen LogP contribution in [0.2, 0.25) is 0 Å². The van der Waals surface area contributed by atoms with E-state index in [0.29, 0.717) is 55.5 Å². The van der Waals surface area contributed by atoms with Gasteiger partial charge in [0, 0.05) is 31.5 Å². The predicted molar refractivity (Wildman–Crippen MR) is 115 cm³/mol. The van der Waals surface area contributed by atoms with Crippen molar-refractivity contribution >= 4 is 17.7 Å². The molecule has 0 radical (unpaired) electrons. The standard InChI is InChI=1S/C22H35N3O5/c1-6-25(7-2)21(27)10-8-9-20(26)23-24-22(28)17-11-12-18(19(15-17)29-5)30-14-13-16(3)4/h11-12,15-16H,6-10,13-14H2,1-5H3,(H,23,26)(H,24,28). The number of nitrogens with one attached hydrogen (secondary N) is 2. The van der Waals surface area contributed by atoms with Gasteiger partial charge in [0.1, 0.15) is 0 Å². The number of amides is 3. The minimum absolute atomic E-state index is 0.0274. The molecule has 1 aromatic rings. The van der Waals surface area contributed by atoms with Gasteiger partial charge < -0.3 is 14.4 Å². The van der Waals surface area contributed by atoms with Gasteiger partial charge in [0.2, 0.25) is 11.8 Å². The molecule has 0 saturated carbocycles. The van der Waals surface area contributed by atoms with E-state index in [0.717, 1.165) is 6.42 Å². The van der Waals surface area contributed by atoms with Gasteiger partial charge in [-0.2, -0.15) is 0 Å². The van der Waals surface area contributed by atoms with Crippen LogP contribution in [0.15, 0.2) is 18.2 Å². The molecule has 8 nitrogen and oxygen atoms in total. The van der Waals surface area contributed by atoms with Crippen LogP contribution in [-0.4, -0.2) is 49.4 Å². The van der Waals surface area contributed by atoms with Crippen LogP contribution in [0, 0.1) is 5.92 Å². The number of hydrazine groups is 1. The molecule has 0 aliphatic carbocycles. The van der Waals surface area contributed by atoms with Gasteiger partial charge in [-0.25, -0.2) is 0 Å². The van der Waals surface area contributed by atoms with Gasteiger partial charge in [0.05, 0.1) is 13.7 Å². The third-order valence-electron chi connectivity index (χ3n) is 4.60. The van der Waals surface area contributed by atoms with Crippen LogP contribution in [0.5, 0.6) is 11.5 Å². The molecule has 2 N–H and O–H groups in total. The smallest absolute Gasteiger partial charge is 0.269 e. The zero-order valence-corrected chi connectivity index (χ0v) is 18.7. The summed E-state index contributed by atoms with van der Waals surface area (Å²) in [6.07, 6.45) is 1.79. The minimum Gasteiger partial charge on any atom is -0.493 e. The fraction of sp³-hybridized carbons (Fsp3) is 0.591. The van der Waals surface area contributed by atoms with Crippen molar-refractivity contribution in [2.75, 3.05) is 26.8 Å². The molecule has 168 valence electrons. The summed E-state index contributed by atoms with van der Waals surface area (Å²) in [5, 5.41) is 0. The molecule has 1 rings (SSSR count). The molecule has 8 heteroatoms. The summed E-state index contributed by atoms with van der Waals surface area (Å²) in [5.74, 6) is 0.759. The van der Waals surface area contributed by atoms with Crippen molar-refractivity contribution in [1.82, 2.24) is 15.8 Å². The van der Waals surface area contributed by atoms with Crippen molar-refractivity contribution in [2.45, 2.75) is 53.4 Å². The van der Waals surface area contributed by atoms with Gasteiger partial charge in [-0.3, -0.25) is 25.2 Å². The number of benzene rings is 1. The van der Waals surface area contributed by atoms with E-state index in [2.05, 4.69) is 24.7 Å². The molecule has 0 aromatic heterocycles. The first kappa shape index (κ1) is 25.3. The molecule has 0 spiro atoms. The van der Waals surface area contributed by atoms with Crippen molar-refractivity contribution in [1.29, 1.82) is 0 Å². The van der Waals surface area contributed by atoms with Gasteiger partial charge in [0.25, 0.3) is 5.91 Å². The monoisotopic (exact) mass is 421 g/mol. The second-order valence-corrected chi connectivity index (χ2v) is 7.32. The largest absolute Gasteiger partial charge is 0.493 e. The Morgan fingerprint density at radius 3 is 2.33 bits per heavy atom. The zero-order valence-electron chi connectivity index (χ0n) is 18.7. The molecule has 30 heavy (non-hydrogen) atoms. The summed E-state index contributed by atoms with van der Waals surface area (Å²) in [4.78, 5) is 37.9. The molecular weight excluding hydrogens is 386 g/mol. The lowest BCUT2D eigenvalue weighted by molar-refractivity contribution is -0.131. The van der Waals surface area contributed by atoms with Crippen molar-refractivity contribution in [3.63, 3.8) is 0 Å². The minimum atomic E-state index is -0.463. The summed E-state index contributed by atoms with van der Waals surface area (Å²) in [6.45, 7) is 9.94. The maximum absolute atomic E-state index is 12.3. The van der Waals surface area contributed by atoms with Gasteiger partial charge in [-0.05, 0) is 50.8 Å². The van der Waals surface area contributed by atoms with Crippen LogP contribution in [0.4, 0.5) is 0 Å².